The average Bonchev–Trinajstić information content (AvgIpc) is 2.47. The summed E-state index contributed by atoms with van der Waals surface area (Å²) >= 11 is 0. The molecule has 0 saturated carbocycles. The highest BCUT2D eigenvalue weighted by atomic mass is 16.2. The van der Waals surface area contributed by atoms with Gasteiger partial charge >= 0.3 is 6.03 Å². The first-order valence-corrected chi connectivity index (χ1v) is 5.15. The van der Waals surface area contributed by atoms with Crippen LogP contribution in [0.1, 0.15) is 12.5 Å². The molecule has 16 heavy (non-hydrogen) atoms. The van der Waals surface area contributed by atoms with Gasteiger partial charge in [0.15, 0.2) is 0 Å². The summed E-state index contributed by atoms with van der Waals surface area (Å²) in [6.45, 7) is 1.89. The minimum Gasteiger partial charge on any atom is -0.311 e. The number of rotatable bonds is 1. The first-order chi connectivity index (χ1) is 7.49. The summed E-state index contributed by atoms with van der Waals surface area (Å²) in [5, 5.41) is 8.07. The second-order valence-electron chi connectivity index (χ2n) is 4.19. The fourth-order valence-electron chi connectivity index (χ4n) is 2.09. The van der Waals surface area contributed by atoms with Gasteiger partial charge in [-0.3, -0.25) is 10.3 Å². The Kier molecular flexibility index (Phi) is 2.22. The van der Waals surface area contributed by atoms with E-state index in [1.165, 1.54) is 4.90 Å². The van der Waals surface area contributed by atoms with Crippen LogP contribution in [0.3, 0.4) is 0 Å². The number of hydrogen-bond donors (Lipinski definition) is 1. The minimum atomic E-state index is -0.660. The van der Waals surface area contributed by atoms with E-state index in [0.29, 0.717) is 5.84 Å². The predicted molar refractivity (Wildman–Crippen MR) is 62.4 cm³/mol. The highest BCUT2D eigenvalue weighted by Crippen LogP contribution is 2.35. The number of hydrogen-bond acceptors (Lipinski definition) is 2. The van der Waals surface area contributed by atoms with Crippen LogP contribution in [0.4, 0.5) is 4.79 Å². The maximum absolute atomic E-state index is 11.8. The number of carbonyl (C=O) groups is 1. The van der Waals surface area contributed by atoms with Crippen LogP contribution in [-0.4, -0.2) is 35.8 Å². The predicted octanol–water partition coefficient (Wildman–Crippen LogP) is 1.88. The van der Waals surface area contributed by atoms with Gasteiger partial charge in [-0.1, -0.05) is 30.3 Å². The molecular formula is C12H15N3O. The van der Waals surface area contributed by atoms with E-state index in [0.717, 1.165) is 5.56 Å². The van der Waals surface area contributed by atoms with E-state index in [2.05, 4.69) is 0 Å². The normalized spacial score (nSPS) is 25.4. The van der Waals surface area contributed by atoms with Gasteiger partial charge in [0.05, 0.1) is 0 Å². The Morgan fingerprint density at radius 2 is 1.75 bits per heavy atom. The zero-order chi connectivity index (χ0) is 11.9. The Bertz CT molecular complexity index is 443. The van der Waals surface area contributed by atoms with Crippen molar-refractivity contribution in [2.45, 2.75) is 12.5 Å². The van der Waals surface area contributed by atoms with Crippen LogP contribution in [0.15, 0.2) is 30.3 Å². The highest BCUT2D eigenvalue weighted by molar-refractivity contribution is 6.08. The molecule has 1 N–H and O–H groups in total. The summed E-state index contributed by atoms with van der Waals surface area (Å²) in [5.41, 5.74) is 0.299. The van der Waals surface area contributed by atoms with Gasteiger partial charge in [-0.15, -0.1) is 0 Å². The van der Waals surface area contributed by atoms with E-state index in [4.69, 9.17) is 5.41 Å². The maximum atomic E-state index is 11.8. The first-order valence-electron chi connectivity index (χ1n) is 5.15. The van der Waals surface area contributed by atoms with Crippen molar-refractivity contribution in [3.05, 3.63) is 35.9 Å². The molecule has 1 aliphatic heterocycles. The molecule has 4 nitrogen and oxygen atoms in total. The molecule has 1 aromatic carbocycles. The summed E-state index contributed by atoms with van der Waals surface area (Å²) in [6, 6.07) is 9.51. The smallest absolute Gasteiger partial charge is 0.311 e. The van der Waals surface area contributed by atoms with Crippen LogP contribution < -0.4 is 0 Å². The molecule has 0 unspecified atom stereocenters. The highest BCUT2D eigenvalue weighted by Gasteiger charge is 2.49. The van der Waals surface area contributed by atoms with Gasteiger partial charge in [-0.25, -0.2) is 4.79 Å². The molecule has 1 saturated heterocycles. The monoisotopic (exact) mass is 217 g/mol. The molecule has 1 fully saturated rings. The van der Waals surface area contributed by atoms with Gasteiger partial charge in [-0.05, 0) is 12.5 Å². The Morgan fingerprint density at radius 3 is 2.19 bits per heavy atom. The molecule has 1 aliphatic rings. The van der Waals surface area contributed by atoms with Crippen molar-refractivity contribution >= 4 is 11.9 Å². The van der Waals surface area contributed by atoms with Crippen LogP contribution in [0.25, 0.3) is 0 Å². The van der Waals surface area contributed by atoms with Crippen LogP contribution >= 0.6 is 0 Å². The number of benzene rings is 1. The standard InChI is InChI=1S/C12H15N3O/c1-12(9-7-5-4-6-8-9)10(13)14(2)11(16)15(12)3/h4-8,13H,1-3H3/t12-/m0/s1. The molecule has 0 aliphatic carbocycles. The van der Waals surface area contributed by atoms with Crippen molar-refractivity contribution in [3.8, 4) is 0 Å². The minimum absolute atomic E-state index is 0.142. The van der Waals surface area contributed by atoms with Crippen molar-refractivity contribution < 1.29 is 4.79 Å². The van der Waals surface area contributed by atoms with Crippen molar-refractivity contribution in [1.29, 1.82) is 5.41 Å². The second kappa shape index (κ2) is 3.33. The molecular weight excluding hydrogens is 202 g/mol. The van der Waals surface area contributed by atoms with Crippen LogP contribution in [0.2, 0.25) is 0 Å². The van der Waals surface area contributed by atoms with E-state index in [-0.39, 0.29) is 6.03 Å². The number of carbonyl (C=O) groups excluding carboxylic acids is 1. The van der Waals surface area contributed by atoms with Gasteiger partial charge in [0.1, 0.15) is 11.4 Å². The Labute approximate surface area is 95.0 Å². The fraction of sp³-hybridized carbons (Fsp3) is 0.333. The lowest BCUT2D eigenvalue weighted by molar-refractivity contribution is 0.187. The molecule has 4 heteroatoms. The number of nitrogens with zero attached hydrogens (tertiary/aromatic N) is 2. The maximum Gasteiger partial charge on any atom is 0.326 e. The Balaban J connectivity index is 2.54. The fourth-order valence-corrected chi connectivity index (χ4v) is 2.09. The van der Waals surface area contributed by atoms with Gasteiger partial charge < -0.3 is 4.90 Å². The van der Waals surface area contributed by atoms with Gasteiger partial charge in [0.2, 0.25) is 0 Å². The van der Waals surface area contributed by atoms with Gasteiger partial charge in [-0.2, -0.15) is 0 Å². The summed E-state index contributed by atoms with van der Waals surface area (Å²) < 4.78 is 0. The molecule has 2 rings (SSSR count). The van der Waals surface area contributed by atoms with Crippen LogP contribution in [0.5, 0.6) is 0 Å². The third-order valence-corrected chi connectivity index (χ3v) is 3.38. The van der Waals surface area contributed by atoms with Gasteiger partial charge in [0, 0.05) is 14.1 Å². The SMILES string of the molecule is CN1C(=N)[C@](C)(c2ccccc2)N(C)C1=O. The Hall–Kier alpha value is -1.84. The number of nitrogens with one attached hydrogen (secondary N) is 1. The van der Waals surface area contributed by atoms with E-state index in [1.807, 2.05) is 37.3 Å². The largest absolute Gasteiger partial charge is 0.326 e. The van der Waals surface area contributed by atoms with Crippen molar-refractivity contribution in [1.82, 2.24) is 9.80 Å². The average molecular weight is 217 g/mol. The van der Waals surface area contributed by atoms with Gasteiger partial charge in [0.25, 0.3) is 0 Å². The molecule has 0 radical (unpaired) electrons. The molecule has 84 valence electrons. The lowest BCUT2D eigenvalue weighted by Crippen LogP contribution is -2.41. The summed E-state index contributed by atoms with van der Waals surface area (Å²) in [6.07, 6.45) is 0. The van der Waals surface area contributed by atoms with Crippen molar-refractivity contribution in [2.75, 3.05) is 14.1 Å². The summed E-state index contributed by atoms with van der Waals surface area (Å²) in [7, 11) is 3.36. The van der Waals surface area contributed by atoms with Crippen molar-refractivity contribution in [2.24, 2.45) is 0 Å². The molecule has 0 spiro atoms. The number of amides is 2. The summed E-state index contributed by atoms with van der Waals surface area (Å²) in [5.74, 6) is 0.311. The number of likely N-dealkylation sites (N-methyl/N-ethyl adjacent to an activating group) is 2. The first kappa shape index (κ1) is 10.7. The number of urea groups is 1. The van der Waals surface area contributed by atoms with Crippen LogP contribution in [-0.2, 0) is 5.54 Å². The molecule has 0 aromatic heterocycles. The third kappa shape index (κ3) is 1.16. The molecule has 1 heterocycles. The topological polar surface area (TPSA) is 47.4 Å². The molecule has 0 bridgehead atoms. The van der Waals surface area contributed by atoms with E-state index < -0.39 is 5.54 Å². The van der Waals surface area contributed by atoms with E-state index >= 15 is 0 Å². The zero-order valence-electron chi connectivity index (χ0n) is 9.69. The third-order valence-electron chi connectivity index (χ3n) is 3.38. The number of amidine groups is 1. The lowest BCUT2D eigenvalue weighted by atomic mass is 9.90. The van der Waals surface area contributed by atoms with E-state index in [9.17, 15) is 4.79 Å². The van der Waals surface area contributed by atoms with E-state index in [1.54, 1.807) is 19.0 Å². The molecule has 2 amide bonds. The molecule has 1 aromatic rings. The lowest BCUT2D eigenvalue weighted by Gasteiger charge is -2.30. The summed E-state index contributed by atoms with van der Waals surface area (Å²) in [4.78, 5) is 14.8. The quantitative estimate of drug-likeness (QED) is 0.767. The van der Waals surface area contributed by atoms with Crippen LogP contribution in [0, 0.1) is 5.41 Å². The molecule has 1 atom stereocenters. The van der Waals surface area contributed by atoms with Crippen molar-refractivity contribution in [3.63, 3.8) is 0 Å². The zero-order valence-corrected chi connectivity index (χ0v) is 9.69. The second-order valence-corrected chi connectivity index (χ2v) is 4.19. The Morgan fingerprint density at radius 1 is 1.19 bits per heavy atom.